The number of sulfonamides is 1. The number of hydrogen-bond acceptors (Lipinski definition) is 5. The Hall–Kier alpha value is -2.65. The van der Waals surface area contributed by atoms with Gasteiger partial charge in [0.1, 0.15) is 5.76 Å². The Labute approximate surface area is 151 Å². The maximum atomic E-state index is 12.1. The van der Waals surface area contributed by atoms with Gasteiger partial charge in [0.25, 0.3) is 5.91 Å². The van der Waals surface area contributed by atoms with Crippen LogP contribution in [0.1, 0.15) is 21.9 Å². The van der Waals surface area contributed by atoms with Gasteiger partial charge in [-0.15, -0.1) is 0 Å². The van der Waals surface area contributed by atoms with E-state index in [1.54, 1.807) is 0 Å². The summed E-state index contributed by atoms with van der Waals surface area (Å²) < 4.78 is 29.6. The van der Waals surface area contributed by atoms with Crippen LogP contribution < -0.4 is 10.0 Å². The van der Waals surface area contributed by atoms with E-state index in [-0.39, 0.29) is 31.0 Å². The molecule has 2 aromatic rings. The normalized spacial score (nSPS) is 12.5. The van der Waals surface area contributed by atoms with E-state index in [2.05, 4.69) is 10.0 Å². The average Bonchev–Trinajstić information content (AvgIpc) is 3.06. The smallest absolute Gasteiger partial charge is 0.308 e. The van der Waals surface area contributed by atoms with Crippen LogP contribution in [0.2, 0.25) is 0 Å². The van der Waals surface area contributed by atoms with E-state index in [0.717, 1.165) is 11.8 Å². The molecule has 1 unspecified atom stereocenters. The average molecular weight is 380 g/mol. The van der Waals surface area contributed by atoms with E-state index in [1.165, 1.54) is 12.1 Å². The Balaban J connectivity index is 1.91. The van der Waals surface area contributed by atoms with Crippen molar-refractivity contribution < 1.29 is 27.5 Å². The van der Waals surface area contributed by atoms with E-state index < -0.39 is 27.8 Å². The third kappa shape index (κ3) is 6.34. The van der Waals surface area contributed by atoms with Crippen molar-refractivity contribution in [1.82, 2.24) is 10.0 Å². The second-order valence-corrected chi connectivity index (χ2v) is 7.63. The second kappa shape index (κ2) is 8.63. The highest BCUT2D eigenvalue weighted by Gasteiger charge is 2.20. The standard InChI is InChI=1S/C17H20N2O6S/c1-26(23,24)19-11-14-7-8-15(25-14)16(20)18-10-13(17(21)22)9-12-5-3-2-4-6-12/h2-8,13,19H,9-11H2,1H3,(H,18,20)(H,21,22). The van der Waals surface area contributed by atoms with Gasteiger partial charge in [-0.05, 0) is 24.1 Å². The van der Waals surface area contributed by atoms with Gasteiger partial charge in [-0.1, -0.05) is 30.3 Å². The van der Waals surface area contributed by atoms with E-state index in [0.29, 0.717) is 0 Å². The molecule has 0 bridgehead atoms. The first kappa shape index (κ1) is 19.7. The largest absolute Gasteiger partial charge is 0.481 e. The zero-order valence-electron chi connectivity index (χ0n) is 14.1. The van der Waals surface area contributed by atoms with Crippen molar-refractivity contribution >= 4 is 21.9 Å². The number of carbonyl (C=O) groups excluding carboxylic acids is 1. The number of amides is 1. The van der Waals surface area contributed by atoms with Crippen LogP contribution >= 0.6 is 0 Å². The number of carboxylic acids is 1. The molecule has 0 aliphatic carbocycles. The summed E-state index contributed by atoms with van der Waals surface area (Å²) in [6.45, 7) is -0.126. The lowest BCUT2D eigenvalue weighted by atomic mass is 9.99. The van der Waals surface area contributed by atoms with Gasteiger partial charge in [0.05, 0.1) is 18.7 Å². The summed E-state index contributed by atoms with van der Waals surface area (Å²) in [6, 6.07) is 12.0. The fraction of sp³-hybridized carbons (Fsp3) is 0.294. The summed E-state index contributed by atoms with van der Waals surface area (Å²) in [5.41, 5.74) is 0.862. The van der Waals surface area contributed by atoms with E-state index >= 15 is 0 Å². The minimum Gasteiger partial charge on any atom is -0.481 e. The van der Waals surface area contributed by atoms with Crippen molar-refractivity contribution in [1.29, 1.82) is 0 Å². The highest BCUT2D eigenvalue weighted by atomic mass is 32.2. The zero-order valence-corrected chi connectivity index (χ0v) is 15.0. The van der Waals surface area contributed by atoms with Gasteiger partial charge in [0, 0.05) is 6.54 Å². The van der Waals surface area contributed by atoms with Crippen LogP contribution in [-0.4, -0.2) is 38.2 Å². The highest BCUT2D eigenvalue weighted by Crippen LogP contribution is 2.11. The van der Waals surface area contributed by atoms with Crippen LogP contribution in [0.25, 0.3) is 0 Å². The molecule has 140 valence electrons. The van der Waals surface area contributed by atoms with Gasteiger partial charge >= 0.3 is 5.97 Å². The third-order valence-corrected chi connectivity index (χ3v) is 4.25. The molecule has 0 aliphatic heterocycles. The Morgan fingerprint density at radius 1 is 1.15 bits per heavy atom. The first-order valence-electron chi connectivity index (χ1n) is 7.83. The summed E-state index contributed by atoms with van der Waals surface area (Å²) in [5.74, 6) is -2.08. The molecule has 0 aliphatic rings. The molecule has 0 saturated carbocycles. The Morgan fingerprint density at radius 2 is 1.85 bits per heavy atom. The highest BCUT2D eigenvalue weighted by molar-refractivity contribution is 7.88. The molecule has 1 heterocycles. The molecule has 1 amide bonds. The second-order valence-electron chi connectivity index (χ2n) is 5.79. The van der Waals surface area contributed by atoms with Crippen molar-refractivity contribution in [3.8, 4) is 0 Å². The van der Waals surface area contributed by atoms with Crippen LogP contribution in [0.3, 0.4) is 0 Å². The number of carboxylic acid groups (broad SMARTS) is 1. The molecule has 1 aromatic carbocycles. The fourth-order valence-corrected chi connectivity index (χ4v) is 2.65. The number of benzene rings is 1. The molecular weight excluding hydrogens is 360 g/mol. The molecule has 1 aromatic heterocycles. The van der Waals surface area contributed by atoms with Crippen molar-refractivity contribution in [2.75, 3.05) is 12.8 Å². The lowest BCUT2D eigenvalue weighted by Gasteiger charge is -2.13. The van der Waals surface area contributed by atoms with Crippen molar-refractivity contribution in [2.45, 2.75) is 13.0 Å². The fourth-order valence-electron chi connectivity index (χ4n) is 2.25. The molecule has 26 heavy (non-hydrogen) atoms. The molecule has 8 nitrogen and oxygen atoms in total. The minimum atomic E-state index is -3.37. The summed E-state index contributed by atoms with van der Waals surface area (Å²) in [5, 5.41) is 11.9. The van der Waals surface area contributed by atoms with Gasteiger partial charge in [0.15, 0.2) is 5.76 Å². The van der Waals surface area contributed by atoms with Crippen molar-refractivity contribution in [3.63, 3.8) is 0 Å². The van der Waals surface area contributed by atoms with Crippen molar-refractivity contribution in [2.24, 2.45) is 5.92 Å². The number of carbonyl (C=O) groups is 2. The van der Waals surface area contributed by atoms with Crippen LogP contribution in [0.15, 0.2) is 46.9 Å². The van der Waals surface area contributed by atoms with Gasteiger partial charge in [-0.25, -0.2) is 13.1 Å². The first-order chi connectivity index (χ1) is 12.2. The van der Waals surface area contributed by atoms with E-state index in [1.807, 2.05) is 30.3 Å². The predicted molar refractivity (Wildman–Crippen MR) is 94.0 cm³/mol. The van der Waals surface area contributed by atoms with E-state index in [9.17, 15) is 23.1 Å². The Morgan fingerprint density at radius 3 is 2.46 bits per heavy atom. The third-order valence-electron chi connectivity index (χ3n) is 3.58. The van der Waals surface area contributed by atoms with Crippen LogP contribution in [0, 0.1) is 5.92 Å². The van der Waals surface area contributed by atoms with Gasteiger partial charge in [0.2, 0.25) is 10.0 Å². The minimum absolute atomic E-state index is 0.0147. The van der Waals surface area contributed by atoms with Crippen LogP contribution in [0.4, 0.5) is 0 Å². The molecule has 3 N–H and O–H groups in total. The number of aliphatic carboxylic acids is 1. The quantitative estimate of drug-likeness (QED) is 0.596. The van der Waals surface area contributed by atoms with E-state index in [4.69, 9.17) is 4.42 Å². The number of hydrogen-bond donors (Lipinski definition) is 3. The summed E-state index contributed by atoms with van der Waals surface area (Å²) in [7, 11) is -3.37. The SMILES string of the molecule is CS(=O)(=O)NCc1ccc(C(=O)NCC(Cc2ccccc2)C(=O)O)o1. The lowest BCUT2D eigenvalue weighted by Crippen LogP contribution is -2.34. The van der Waals surface area contributed by atoms with Gasteiger partial charge < -0.3 is 14.8 Å². The molecule has 9 heteroatoms. The molecule has 0 fully saturated rings. The number of furan rings is 1. The first-order valence-corrected chi connectivity index (χ1v) is 9.72. The molecule has 2 rings (SSSR count). The van der Waals surface area contributed by atoms with Gasteiger partial charge in [-0.2, -0.15) is 0 Å². The molecular formula is C17H20N2O6S. The molecule has 0 saturated heterocycles. The summed E-state index contributed by atoms with van der Waals surface area (Å²) in [6.07, 6.45) is 1.31. The predicted octanol–water partition coefficient (Wildman–Crippen LogP) is 1.00. The molecule has 0 radical (unpaired) electrons. The van der Waals surface area contributed by atoms with Crippen molar-refractivity contribution in [3.05, 3.63) is 59.5 Å². The van der Waals surface area contributed by atoms with Crippen LogP contribution in [-0.2, 0) is 27.8 Å². The molecule has 1 atom stereocenters. The number of nitrogens with one attached hydrogen (secondary N) is 2. The summed E-state index contributed by atoms with van der Waals surface area (Å²) in [4.78, 5) is 23.5. The molecule has 0 spiro atoms. The Bertz CT molecular complexity index is 860. The topological polar surface area (TPSA) is 126 Å². The lowest BCUT2D eigenvalue weighted by molar-refractivity contribution is -0.141. The monoisotopic (exact) mass is 380 g/mol. The van der Waals surface area contributed by atoms with Crippen LogP contribution in [0.5, 0.6) is 0 Å². The zero-order chi connectivity index (χ0) is 19.2. The maximum Gasteiger partial charge on any atom is 0.308 e. The summed E-state index contributed by atoms with van der Waals surface area (Å²) >= 11 is 0. The van der Waals surface area contributed by atoms with Gasteiger partial charge in [-0.3, -0.25) is 9.59 Å². The number of rotatable bonds is 9. The maximum absolute atomic E-state index is 12.1. The Kier molecular flexibility index (Phi) is 6.53.